The van der Waals surface area contributed by atoms with Crippen LogP contribution in [-0.2, 0) is 45.7 Å². The van der Waals surface area contributed by atoms with Crippen molar-refractivity contribution in [1.29, 1.82) is 0 Å². The van der Waals surface area contributed by atoms with E-state index >= 15 is 4.39 Å². The average Bonchev–Trinajstić information content (AvgIpc) is 3.61. The normalized spacial score (nSPS) is 23.4. The van der Waals surface area contributed by atoms with Gasteiger partial charge >= 0.3 is 0 Å². The first-order valence-corrected chi connectivity index (χ1v) is 22.3. The molecule has 13 nitrogen and oxygen atoms in total. The number of amides is 4. The average molecular weight is 941 g/mol. The third-order valence-corrected chi connectivity index (χ3v) is 13.6. The van der Waals surface area contributed by atoms with Crippen LogP contribution in [0.3, 0.4) is 0 Å². The Morgan fingerprint density at radius 2 is 1.66 bits per heavy atom. The van der Waals surface area contributed by atoms with Gasteiger partial charge in [-0.25, -0.2) is 18.2 Å². The Morgan fingerprint density at radius 3 is 2.31 bits per heavy atom. The fraction of sp³-hybridized carbons (Fsp3) is 0.468. The third-order valence-electron chi connectivity index (χ3n) is 13.1. The number of aliphatic hydroxyl groups excluding tert-OH is 1. The molecule has 1 aliphatic carbocycles. The predicted molar refractivity (Wildman–Crippen MR) is 239 cm³/mol. The quantitative estimate of drug-likeness (QED) is 0.169. The molecule has 2 bridgehead atoms. The van der Waals surface area contributed by atoms with E-state index in [1.165, 1.54) is 22.8 Å². The lowest BCUT2D eigenvalue weighted by molar-refractivity contribution is -0.164. The fourth-order valence-electron chi connectivity index (χ4n) is 9.30. The van der Waals surface area contributed by atoms with Gasteiger partial charge in [0, 0.05) is 67.6 Å². The summed E-state index contributed by atoms with van der Waals surface area (Å²) in [6.07, 6.45) is 1.10. The molecule has 2 N–H and O–H groups in total. The van der Waals surface area contributed by atoms with Crippen LogP contribution in [0.15, 0.2) is 66.9 Å². The zero-order valence-electron chi connectivity index (χ0n) is 37.0. The van der Waals surface area contributed by atoms with Gasteiger partial charge in [-0.3, -0.25) is 19.2 Å². The maximum atomic E-state index is 16.2. The summed E-state index contributed by atoms with van der Waals surface area (Å²) in [5, 5.41) is 13.7. The summed E-state index contributed by atoms with van der Waals surface area (Å²) in [5.74, 6) is -7.73. The van der Waals surface area contributed by atoms with E-state index in [2.05, 4.69) is 10.3 Å². The van der Waals surface area contributed by atoms with Crippen molar-refractivity contribution in [2.45, 2.75) is 82.1 Å². The molecule has 2 saturated heterocycles. The zero-order valence-corrected chi connectivity index (χ0v) is 38.5. The number of aromatic nitrogens is 2. The van der Waals surface area contributed by atoms with Gasteiger partial charge in [-0.1, -0.05) is 35.3 Å². The lowest BCUT2D eigenvalue weighted by atomic mass is 9.70. The van der Waals surface area contributed by atoms with Gasteiger partial charge in [0.15, 0.2) is 0 Å². The number of fused-ring (bicyclic) bond motifs is 2. The molecule has 3 heterocycles. The molecule has 4 aromatic rings. The fourth-order valence-corrected chi connectivity index (χ4v) is 9.62. The van der Waals surface area contributed by atoms with Crippen molar-refractivity contribution in [1.82, 2.24) is 34.5 Å². The Morgan fingerprint density at radius 1 is 0.969 bits per heavy atom. The van der Waals surface area contributed by atoms with E-state index < -0.39 is 97.2 Å². The van der Waals surface area contributed by atoms with Crippen molar-refractivity contribution in [3.05, 3.63) is 99.7 Å². The summed E-state index contributed by atoms with van der Waals surface area (Å²) in [4.78, 5) is 68.7. The first kappa shape index (κ1) is 47.8. The molecule has 1 saturated carbocycles. The van der Waals surface area contributed by atoms with E-state index in [4.69, 9.17) is 27.9 Å². The number of rotatable bonds is 11. The SMILES string of the molecule is C[C@H]1C(=O)N[C@@H](CO)C(=O)N(C)[C@@]2(Cc3ccc(Cl)cc3)CCCN(C2)C(=O)C(C2CC(F)(F)C2)CC(=O)N1Cc1c(F)cc(Cl)cc1Oc1ccc(-c2cnc(CN(C)C)n2C)cc1. The van der Waals surface area contributed by atoms with Gasteiger partial charge in [-0.05, 0) is 100 Å². The molecule has 65 heavy (non-hydrogen) atoms. The second-order valence-electron chi connectivity index (χ2n) is 17.9. The smallest absolute Gasteiger partial charge is 0.248 e. The van der Waals surface area contributed by atoms with Crippen molar-refractivity contribution in [2.75, 3.05) is 40.8 Å². The van der Waals surface area contributed by atoms with Crippen molar-refractivity contribution in [3.8, 4) is 22.8 Å². The van der Waals surface area contributed by atoms with E-state index in [1.807, 2.05) is 54.9 Å². The van der Waals surface area contributed by atoms with Crippen LogP contribution in [0.4, 0.5) is 13.2 Å². The molecule has 2 aliphatic heterocycles. The Balaban J connectivity index is 1.23. The molecule has 1 aromatic heterocycles. The number of alkyl halides is 2. The predicted octanol–water partition coefficient (Wildman–Crippen LogP) is 6.71. The molecule has 1 unspecified atom stereocenters. The van der Waals surface area contributed by atoms with Crippen molar-refractivity contribution in [3.63, 3.8) is 0 Å². The van der Waals surface area contributed by atoms with Gasteiger partial charge in [0.2, 0.25) is 29.6 Å². The molecule has 4 atom stereocenters. The number of hydrogen-bond donors (Lipinski definition) is 2. The highest BCUT2D eigenvalue weighted by molar-refractivity contribution is 6.31. The van der Waals surface area contributed by atoms with Crippen molar-refractivity contribution < 1.29 is 42.2 Å². The van der Waals surface area contributed by atoms with Crippen LogP contribution in [0.2, 0.25) is 10.0 Å². The summed E-state index contributed by atoms with van der Waals surface area (Å²) < 4.78 is 53.6. The Hall–Kier alpha value is -5.16. The summed E-state index contributed by atoms with van der Waals surface area (Å²) in [6, 6.07) is 13.5. The van der Waals surface area contributed by atoms with Crippen molar-refractivity contribution in [2.24, 2.45) is 18.9 Å². The highest BCUT2D eigenvalue weighted by Crippen LogP contribution is 2.48. The van der Waals surface area contributed by atoms with Crippen LogP contribution in [0.1, 0.15) is 56.0 Å². The van der Waals surface area contributed by atoms with Gasteiger partial charge < -0.3 is 39.3 Å². The monoisotopic (exact) mass is 939 g/mol. The number of carbonyl (C=O) groups excluding carboxylic acids is 4. The molecule has 0 spiro atoms. The number of nitrogens with one attached hydrogen (secondary N) is 1. The minimum absolute atomic E-state index is 0.00600. The van der Waals surface area contributed by atoms with Crippen molar-refractivity contribution >= 4 is 46.8 Å². The molecule has 4 amide bonds. The van der Waals surface area contributed by atoms with Gasteiger partial charge in [0.1, 0.15) is 35.2 Å². The summed E-state index contributed by atoms with van der Waals surface area (Å²) in [7, 11) is 7.37. The highest BCUT2D eigenvalue weighted by Gasteiger charge is 2.53. The number of carbonyl (C=O) groups is 4. The minimum Gasteiger partial charge on any atom is -0.457 e. The van der Waals surface area contributed by atoms with Crippen LogP contribution in [-0.4, -0.2) is 122 Å². The number of benzene rings is 3. The number of imidazole rings is 1. The molecule has 348 valence electrons. The van der Waals surface area contributed by atoms with E-state index in [-0.39, 0.29) is 35.8 Å². The van der Waals surface area contributed by atoms with E-state index in [0.717, 1.165) is 33.6 Å². The maximum Gasteiger partial charge on any atom is 0.248 e. The number of hydrogen-bond acceptors (Lipinski definition) is 8. The number of ether oxygens (including phenoxy) is 1. The molecular formula is C47H54Cl2F3N7O6. The van der Waals surface area contributed by atoms with E-state index in [1.54, 1.807) is 37.5 Å². The molecule has 3 aromatic carbocycles. The molecule has 3 fully saturated rings. The Labute approximate surface area is 386 Å². The minimum atomic E-state index is -3.03. The third kappa shape index (κ3) is 10.5. The molecule has 7 rings (SSSR count). The maximum absolute atomic E-state index is 16.2. The van der Waals surface area contributed by atoms with Crippen LogP contribution in [0.25, 0.3) is 11.3 Å². The second-order valence-corrected chi connectivity index (χ2v) is 18.8. The Bertz CT molecular complexity index is 2410. The molecule has 3 aliphatic rings. The summed E-state index contributed by atoms with van der Waals surface area (Å²) in [6.45, 7) is 0.860. The number of likely N-dealkylation sites (N-methyl/N-ethyl adjacent to an activating group) is 1. The van der Waals surface area contributed by atoms with Crippen LogP contribution in [0.5, 0.6) is 11.5 Å². The zero-order chi connectivity index (χ0) is 47.0. The van der Waals surface area contributed by atoms with E-state index in [0.29, 0.717) is 30.2 Å². The standard InChI is InChI=1S/C47H54Cl2F3N7O6/c1-28-43(62)54-38(26-60)45(64)57(5)46(20-29-7-11-32(48)12-8-29)15-6-16-58(27-46)44(63)35(31-21-47(51,52)22-31)19-42(61)59(28)24-36-37(50)17-33(49)18-40(36)65-34-13-9-30(10-14-34)39-23-53-41(56(39)4)25-55(2)3/h7-14,17-18,23,28,31,35,38,60H,6,15-16,19-22,24-27H2,1-5H3,(H,54,62)/t28-,35?,38-,46+/m0/s1. The number of aliphatic hydroxyl groups is 1. The first-order valence-electron chi connectivity index (χ1n) is 21.6. The number of nitrogens with zero attached hydrogens (tertiary/aromatic N) is 6. The van der Waals surface area contributed by atoms with Crippen LogP contribution < -0.4 is 10.1 Å². The van der Waals surface area contributed by atoms with Gasteiger partial charge in [0.25, 0.3) is 0 Å². The van der Waals surface area contributed by atoms with Crippen LogP contribution in [0, 0.1) is 17.7 Å². The van der Waals surface area contributed by atoms with E-state index in [9.17, 15) is 33.1 Å². The summed E-state index contributed by atoms with van der Waals surface area (Å²) >= 11 is 12.5. The highest BCUT2D eigenvalue weighted by atomic mass is 35.5. The van der Waals surface area contributed by atoms with Gasteiger partial charge in [-0.15, -0.1) is 0 Å². The second kappa shape index (κ2) is 19.4. The topological polar surface area (TPSA) is 141 Å². The van der Waals surface area contributed by atoms with Crippen LogP contribution >= 0.6 is 23.2 Å². The van der Waals surface area contributed by atoms with Gasteiger partial charge in [-0.2, -0.15) is 0 Å². The lowest BCUT2D eigenvalue weighted by Gasteiger charge is -2.51. The number of halogens is 5. The number of piperidine rings is 1. The molecular weight excluding hydrogens is 886 g/mol. The molecule has 18 heteroatoms. The largest absolute Gasteiger partial charge is 0.457 e. The lowest BCUT2D eigenvalue weighted by Crippen LogP contribution is -2.66. The molecule has 0 radical (unpaired) electrons. The van der Waals surface area contributed by atoms with Gasteiger partial charge in [0.05, 0.1) is 43.0 Å². The summed E-state index contributed by atoms with van der Waals surface area (Å²) in [5.41, 5.74) is 1.28. The first-order chi connectivity index (χ1) is 30.8. The Kier molecular flexibility index (Phi) is 14.2.